The fourth-order valence-corrected chi connectivity index (χ4v) is 2.04. The standard InChI is InChI=1S/C12H13FN2O5/c13-9-3-8(4-10(5-9)15(18)19)12(17)14-1-2-20-7-11(14)6-16/h3-5,11,16H,1-2,6-7H2. The van der Waals surface area contributed by atoms with Crippen molar-refractivity contribution in [1.82, 2.24) is 4.90 Å². The van der Waals surface area contributed by atoms with Gasteiger partial charge in [0, 0.05) is 18.2 Å². The van der Waals surface area contributed by atoms with E-state index in [0.717, 1.165) is 18.2 Å². The normalized spacial score (nSPS) is 18.9. The number of nitro groups is 1. The van der Waals surface area contributed by atoms with Gasteiger partial charge < -0.3 is 14.7 Å². The molecule has 0 aromatic heterocycles. The first-order valence-corrected chi connectivity index (χ1v) is 5.97. The first kappa shape index (κ1) is 14.4. The lowest BCUT2D eigenvalue weighted by Gasteiger charge is -2.34. The van der Waals surface area contributed by atoms with E-state index < -0.39 is 28.4 Å². The number of morpholine rings is 1. The molecule has 1 saturated heterocycles. The monoisotopic (exact) mass is 284 g/mol. The van der Waals surface area contributed by atoms with Crippen LogP contribution < -0.4 is 0 Å². The van der Waals surface area contributed by atoms with Crippen molar-refractivity contribution in [2.75, 3.05) is 26.4 Å². The Hall–Kier alpha value is -2.06. The number of benzene rings is 1. The molecule has 108 valence electrons. The number of hydrogen-bond donors (Lipinski definition) is 1. The number of nitro benzene ring substituents is 1. The minimum Gasteiger partial charge on any atom is -0.394 e. The molecule has 1 aliphatic rings. The van der Waals surface area contributed by atoms with Gasteiger partial charge in [-0.25, -0.2) is 4.39 Å². The number of nitrogens with zero attached hydrogens (tertiary/aromatic N) is 2. The van der Waals surface area contributed by atoms with Crippen molar-refractivity contribution in [1.29, 1.82) is 0 Å². The van der Waals surface area contributed by atoms with Crippen LogP contribution in [0.2, 0.25) is 0 Å². The van der Waals surface area contributed by atoms with E-state index in [1.165, 1.54) is 4.90 Å². The van der Waals surface area contributed by atoms with Gasteiger partial charge in [-0.3, -0.25) is 14.9 Å². The Morgan fingerprint density at radius 1 is 1.55 bits per heavy atom. The van der Waals surface area contributed by atoms with Gasteiger partial charge in [-0.1, -0.05) is 0 Å². The molecule has 8 heteroatoms. The highest BCUT2D eigenvalue weighted by atomic mass is 19.1. The number of hydrogen-bond acceptors (Lipinski definition) is 5. The zero-order valence-electron chi connectivity index (χ0n) is 10.5. The minimum absolute atomic E-state index is 0.114. The molecule has 1 atom stereocenters. The fourth-order valence-electron chi connectivity index (χ4n) is 2.04. The second kappa shape index (κ2) is 5.93. The summed E-state index contributed by atoms with van der Waals surface area (Å²) in [5.41, 5.74) is -0.598. The number of rotatable bonds is 3. The molecule has 2 rings (SSSR count). The van der Waals surface area contributed by atoms with Crippen LogP contribution in [0.25, 0.3) is 0 Å². The minimum atomic E-state index is -0.851. The van der Waals surface area contributed by atoms with E-state index in [9.17, 15) is 24.4 Å². The van der Waals surface area contributed by atoms with E-state index in [0.29, 0.717) is 6.61 Å². The molecule has 1 heterocycles. The van der Waals surface area contributed by atoms with E-state index in [4.69, 9.17) is 4.74 Å². The molecule has 1 aromatic carbocycles. The van der Waals surface area contributed by atoms with Crippen LogP contribution in [0.1, 0.15) is 10.4 Å². The Balaban J connectivity index is 2.30. The van der Waals surface area contributed by atoms with Crippen LogP contribution >= 0.6 is 0 Å². The van der Waals surface area contributed by atoms with Crippen molar-refractivity contribution in [2.24, 2.45) is 0 Å². The van der Waals surface area contributed by atoms with Gasteiger partial charge >= 0.3 is 0 Å². The maximum atomic E-state index is 13.3. The Kier molecular flexibility index (Phi) is 4.26. The number of ether oxygens (including phenoxy) is 1. The number of amides is 1. The topological polar surface area (TPSA) is 92.9 Å². The van der Waals surface area contributed by atoms with Crippen LogP contribution in [0.3, 0.4) is 0 Å². The van der Waals surface area contributed by atoms with Gasteiger partial charge in [-0.15, -0.1) is 0 Å². The predicted octanol–water partition coefficient (Wildman–Crippen LogP) is 0.567. The van der Waals surface area contributed by atoms with E-state index in [1.54, 1.807) is 0 Å². The molecule has 1 amide bonds. The Bertz CT molecular complexity index is 537. The smallest absolute Gasteiger partial charge is 0.273 e. The lowest BCUT2D eigenvalue weighted by atomic mass is 10.1. The quantitative estimate of drug-likeness (QED) is 0.647. The van der Waals surface area contributed by atoms with Crippen LogP contribution in [-0.2, 0) is 4.74 Å². The third-order valence-electron chi connectivity index (χ3n) is 3.04. The van der Waals surface area contributed by atoms with Gasteiger partial charge in [-0.05, 0) is 6.07 Å². The zero-order valence-corrected chi connectivity index (χ0v) is 10.5. The summed E-state index contributed by atoms with van der Waals surface area (Å²) in [7, 11) is 0. The summed E-state index contributed by atoms with van der Waals surface area (Å²) >= 11 is 0. The van der Waals surface area contributed by atoms with Crippen LogP contribution in [-0.4, -0.2) is 53.2 Å². The van der Waals surface area contributed by atoms with Gasteiger partial charge in [0.25, 0.3) is 11.6 Å². The molecule has 1 fully saturated rings. The number of carbonyl (C=O) groups is 1. The molecule has 0 saturated carbocycles. The van der Waals surface area contributed by atoms with Crippen molar-refractivity contribution >= 4 is 11.6 Å². The fraction of sp³-hybridized carbons (Fsp3) is 0.417. The van der Waals surface area contributed by atoms with Crippen LogP contribution in [0.15, 0.2) is 18.2 Å². The van der Waals surface area contributed by atoms with Crippen LogP contribution in [0, 0.1) is 15.9 Å². The van der Waals surface area contributed by atoms with Gasteiger partial charge in [0.1, 0.15) is 5.82 Å². The van der Waals surface area contributed by atoms with Gasteiger partial charge in [0.05, 0.1) is 36.9 Å². The number of carbonyl (C=O) groups excluding carboxylic acids is 1. The Morgan fingerprint density at radius 2 is 2.30 bits per heavy atom. The molecule has 20 heavy (non-hydrogen) atoms. The predicted molar refractivity (Wildman–Crippen MR) is 65.8 cm³/mol. The molecule has 1 aliphatic heterocycles. The second-order valence-electron chi connectivity index (χ2n) is 4.37. The molecule has 1 N–H and O–H groups in total. The average Bonchev–Trinajstić information content (AvgIpc) is 2.45. The van der Waals surface area contributed by atoms with E-state index in [2.05, 4.69) is 0 Å². The molecule has 1 unspecified atom stereocenters. The molecule has 7 nitrogen and oxygen atoms in total. The van der Waals surface area contributed by atoms with E-state index >= 15 is 0 Å². The van der Waals surface area contributed by atoms with Crippen LogP contribution in [0.5, 0.6) is 0 Å². The lowest BCUT2D eigenvalue weighted by Crippen LogP contribution is -2.50. The zero-order chi connectivity index (χ0) is 14.7. The van der Waals surface area contributed by atoms with Crippen LogP contribution in [0.4, 0.5) is 10.1 Å². The third kappa shape index (κ3) is 2.91. The average molecular weight is 284 g/mol. The highest BCUT2D eigenvalue weighted by Crippen LogP contribution is 2.19. The summed E-state index contributed by atoms with van der Waals surface area (Å²) in [6, 6.07) is 2.19. The summed E-state index contributed by atoms with van der Waals surface area (Å²) < 4.78 is 18.5. The molecule has 1 aromatic rings. The van der Waals surface area contributed by atoms with Crippen molar-refractivity contribution in [3.8, 4) is 0 Å². The highest BCUT2D eigenvalue weighted by Gasteiger charge is 2.28. The number of halogens is 1. The second-order valence-corrected chi connectivity index (χ2v) is 4.37. The molecule has 0 aliphatic carbocycles. The van der Waals surface area contributed by atoms with Gasteiger partial charge in [0.15, 0.2) is 0 Å². The highest BCUT2D eigenvalue weighted by molar-refractivity contribution is 5.95. The molecule has 0 radical (unpaired) electrons. The molecular weight excluding hydrogens is 271 g/mol. The first-order valence-electron chi connectivity index (χ1n) is 5.97. The maximum Gasteiger partial charge on any atom is 0.273 e. The van der Waals surface area contributed by atoms with E-state index in [1.807, 2.05) is 0 Å². The van der Waals surface area contributed by atoms with E-state index in [-0.39, 0.29) is 25.3 Å². The number of aliphatic hydroxyl groups is 1. The lowest BCUT2D eigenvalue weighted by molar-refractivity contribution is -0.385. The third-order valence-corrected chi connectivity index (χ3v) is 3.04. The maximum absolute atomic E-state index is 13.3. The summed E-state index contributed by atoms with van der Waals surface area (Å²) in [5.74, 6) is -1.41. The summed E-state index contributed by atoms with van der Waals surface area (Å²) in [4.78, 5) is 23.5. The largest absolute Gasteiger partial charge is 0.394 e. The molecule has 0 spiro atoms. The summed E-state index contributed by atoms with van der Waals surface area (Å²) in [5, 5.41) is 19.9. The summed E-state index contributed by atoms with van der Waals surface area (Å²) in [6.07, 6.45) is 0. The van der Waals surface area contributed by atoms with Crippen molar-refractivity contribution in [3.05, 3.63) is 39.7 Å². The number of aliphatic hydroxyl groups excluding tert-OH is 1. The van der Waals surface area contributed by atoms with Crippen molar-refractivity contribution < 1.29 is 24.0 Å². The van der Waals surface area contributed by atoms with Crippen molar-refractivity contribution in [2.45, 2.75) is 6.04 Å². The van der Waals surface area contributed by atoms with Gasteiger partial charge in [0.2, 0.25) is 0 Å². The summed E-state index contributed by atoms with van der Waals surface area (Å²) in [6.45, 7) is 0.441. The Labute approximate surface area is 113 Å². The Morgan fingerprint density at radius 3 is 2.95 bits per heavy atom. The van der Waals surface area contributed by atoms with Gasteiger partial charge in [-0.2, -0.15) is 0 Å². The number of non-ortho nitro benzene ring substituents is 1. The first-order chi connectivity index (χ1) is 9.52. The molecule has 0 bridgehead atoms. The molecular formula is C12H13FN2O5. The van der Waals surface area contributed by atoms with Crippen molar-refractivity contribution in [3.63, 3.8) is 0 Å². The SMILES string of the molecule is O=C(c1cc(F)cc([N+](=O)[O-])c1)N1CCOCC1CO.